The molecule has 1 aromatic carbocycles. The molecule has 0 heterocycles. The van der Waals surface area contributed by atoms with Crippen LogP contribution >= 0.6 is 0 Å². The van der Waals surface area contributed by atoms with Crippen LogP contribution in [0, 0.1) is 0 Å². The Morgan fingerprint density at radius 2 is 1.81 bits per heavy atom. The molecule has 0 bridgehead atoms. The molecule has 0 unspecified atom stereocenters. The van der Waals surface area contributed by atoms with E-state index < -0.39 is 9.84 Å². The molecular formula is C13H18O2S. The van der Waals surface area contributed by atoms with Gasteiger partial charge < -0.3 is 0 Å². The van der Waals surface area contributed by atoms with Crippen molar-refractivity contribution in [3.63, 3.8) is 0 Å². The summed E-state index contributed by atoms with van der Waals surface area (Å²) >= 11 is 0. The van der Waals surface area contributed by atoms with Crippen LogP contribution in [-0.4, -0.2) is 13.7 Å². The van der Waals surface area contributed by atoms with Gasteiger partial charge in [0.05, 0.1) is 5.25 Å². The first-order valence-corrected chi connectivity index (χ1v) is 7.07. The fraction of sp³-hybridized carbons (Fsp3) is 0.385. The van der Waals surface area contributed by atoms with Crippen LogP contribution in [0.2, 0.25) is 0 Å². The van der Waals surface area contributed by atoms with Crippen molar-refractivity contribution < 1.29 is 8.42 Å². The van der Waals surface area contributed by atoms with E-state index >= 15 is 0 Å². The van der Waals surface area contributed by atoms with Crippen molar-refractivity contribution in [2.24, 2.45) is 0 Å². The van der Waals surface area contributed by atoms with E-state index in [1.54, 1.807) is 19.9 Å². The lowest BCUT2D eigenvalue weighted by Crippen LogP contribution is -2.09. The highest BCUT2D eigenvalue weighted by Gasteiger charge is 2.10. The highest BCUT2D eigenvalue weighted by molar-refractivity contribution is 7.94. The van der Waals surface area contributed by atoms with Crippen molar-refractivity contribution in [3.8, 4) is 0 Å². The Hall–Kier alpha value is -1.09. The summed E-state index contributed by atoms with van der Waals surface area (Å²) in [5, 5.41) is 1.00. The zero-order valence-corrected chi connectivity index (χ0v) is 10.6. The maximum Gasteiger partial charge on any atom is 0.173 e. The second-order valence-corrected chi connectivity index (χ2v) is 6.43. The zero-order valence-electron chi connectivity index (χ0n) is 9.76. The smallest absolute Gasteiger partial charge is 0.173 e. The summed E-state index contributed by atoms with van der Waals surface area (Å²) in [5.41, 5.74) is 1.23. The van der Waals surface area contributed by atoms with E-state index in [0.29, 0.717) is 0 Å². The van der Waals surface area contributed by atoms with Crippen LogP contribution in [0.5, 0.6) is 0 Å². The van der Waals surface area contributed by atoms with Crippen LogP contribution in [0.15, 0.2) is 41.8 Å². The Labute approximate surface area is 97.9 Å². The largest absolute Gasteiger partial charge is 0.224 e. The minimum absolute atomic E-state index is 0.333. The number of rotatable bonds is 5. The van der Waals surface area contributed by atoms with Gasteiger partial charge in [0.1, 0.15) is 0 Å². The number of benzene rings is 1. The normalized spacial score (nSPS) is 12.4. The average Bonchev–Trinajstić information content (AvgIpc) is 2.26. The van der Waals surface area contributed by atoms with Gasteiger partial charge in [0.15, 0.2) is 9.84 Å². The minimum atomic E-state index is -3.03. The molecule has 0 saturated carbocycles. The molecule has 16 heavy (non-hydrogen) atoms. The minimum Gasteiger partial charge on any atom is -0.224 e. The van der Waals surface area contributed by atoms with Crippen LogP contribution in [0.1, 0.15) is 25.8 Å². The van der Waals surface area contributed by atoms with Crippen LogP contribution in [0.25, 0.3) is 0 Å². The third-order valence-electron chi connectivity index (χ3n) is 2.39. The van der Waals surface area contributed by atoms with Gasteiger partial charge in [0.25, 0.3) is 0 Å². The molecule has 0 spiro atoms. The van der Waals surface area contributed by atoms with Gasteiger partial charge in [0.2, 0.25) is 0 Å². The molecule has 2 nitrogen and oxygen atoms in total. The van der Waals surface area contributed by atoms with Gasteiger partial charge in [-0.25, -0.2) is 8.42 Å². The maximum absolute atomic E-state index is 11.5. The number of hydrogen-bond acceptors (Lipinski definition) is 2. The molecule has 0 N–H and O–H groups in total. The molecular weight excluding hydrogens is 220 g/mol. The van der Waals surface area contributed by atoms with E-state index in [-0.39, 0.29) is 5.25 Å². The van der Waals surface area contributed by atoms with Crippen LogP contribution < -0.4 is 0 Å². The molecule has 88 valence electrons. The first kappa shape index (κ1) is 13.0. The standard InChI is InChI=1S/C13H18O2S/c1-12(2)16(14,15)11-7-6-10-13-8-4-3-5-9-13/h3-5,7-9,11-12H,6,10H2,1-2H3/b11-7+. The van der Waals surface area contributed by atoms with Crippen molar-refractivity contribution in [2.75, 3.05) is 0 Å². The second kappa shape index (κ2) is 5.85. The molecule has 0 saturated heterocycles. The van der Waals surface area contributed by atoms with Gasteiger partial charge in [-0.3, -0.25) is 0 Å². The predicted octanol–water partition coefficient (Wildman–Crippen LogP) is 2.96. The third-order valence-corrected chi connectivity index (χ3v) is 4.27. The zero-order chi connectivity index (χ0) is 12.0. The van der Waals surface area contributed by atoms with Crippen molar-refractivity contribution in [2.45, 2.75) is 31.9 Å². The highest BCUT2D eigenvalue weighted by Crippen LogP contribution is 2.06. The number of hydrogen-bond donors (Lipinski definition) is 0. The van der Waals surface area contributed by atoms with Gasteiger partial charge in [0, 0.05) is 5.41 Å². The Balaban J connectivity index is 2.45. The molecule has 1 rings (SSSR count). The fourth-order valence-electron chi connectivity index (χ4n) is 1.25. The first-order valence-electron chi connectivity index (χ1n) is 5.47. The van der Waals surface area contributed by atoms with Gasteiger partial charge in [-0.05, 0) is 32.3 Å². The second-order valence-electron chi connectivity index (χ2n) is 4.03. The van der Waals surface area contributed by atoms with Crippen molar-refractivity contribution >= 4 is 9.84 Å². The van der Waals surface area contributed by atoms with E-state index in [1.807, 2.05) is 30.3 Å². The topological polar surface area (TPSA) is 34.1 Å². The third kappa shape index (κ3) is 4.19. The molecule has 1 aromatic rings. The van der Waals surface area contributed by atoms with Crippen LogP contribution in [-0.2, 0) is 16.3 Å². The van der Waals surface area contributed by atoms with E-state index in [2.05, 4.69) is 0 Å². The van der Waals surface area contributed by atoms with E-state index in [9.17, 15) is 8.42 Å². The lowest BCUT2D eigenvalue weighted by Gasteiger charge is -2.01. The monoisotopic (exact) mass is 238 g/mol. The summed E-state index contributed by atoms with van der Waals surface area (Å²) in [4.78, 5) is 0. The summed E-state index contributed by atoms with van der Waals surface area (Å²) in [7, 11) is -3.03. The molecule has 3 heteroatoms. The average molecular weight is 238 g/mol. The molecule has 0 aliphatic carbocycles. The Bertz CT molecular complexity index is 430. The van der Waals surface area contributed by atoms with E-state index in [0.717, 1.165) is 12.8 Å². The SMILES string of the molecule is CC(C)S(=O)(=O)/C=C/CCc1ccccc1. The number of sulfone groups is 1. The van der Waals surface area contributed by atoms with Gasteiger partial charge in [-0.1, -0.05) is 36.4 Å². The lowest BCUT2D eigenvalue weighted by atomic mass is 10.1. The van der Waals surface area contributed by atoms with Crippen LogP contribution in [0.3, 0.4) is 0 Å². The van der Waals surface area contributed by atoms with Crippen molar-refractivity contribution in [1.82, 2.24) is 0 Å². The summed E-state index contributed by atoms with van der Waals surface area (Å²) < 4.78 is 22.9. The van der Waals surface area contributed by atoms with E-state index in [1.165, 1.54) is 11.0 Å². The van der Waals surface area contributed by atoms with E-state index in [4.69, 9.17) is 0 Å². The highest BCUT2D eigenvalue weighted by atomic mass is 32.2. The molecule has 0 aromatic heterocycles. The summed E-state index contributed by atoms with van der Waals surface area (Å²) in [6.07, 6.45) is 3.38. The van der Waals surface area contributed by atoms with Gasteiger partial charge in [-0.2, -0.15) is 0 Å². The van der Waals surface area contributed by atoms with Gasteiger partial charge >= 0.3 is 0 Å². The summed E-state index contributed by atoms with van der Waals surface area (Å²) in [6, 6.07) is 10.0. The first-order chi connectivity index (χ1) is 7.52. The molecule has 0 radical (unpaired) electrons. The molecule has 0 aliphatic heterocycles. The maximum atomic E-state index is 11.5. The van der Waals surface area contributed by atoms with Crippen molar-refractivity contribution in [3.05, 3.63) is 47.4 Å². The molecule has 0 amide bonds. The fourth-order valence-corrected chi connectivity index (χ4v) is 1.97. The number of aryl methyl sites for hydroxylation is 1. The predicted molar refractivity (Wildman–Crippen MR) is 68.0 cm³/mol. The molecule has 0 atom stereocenters. The molecule has 0 fully saturated rings. The van der Waals surface area contributed by atoms with Crippen LogP contribution in [0.4, 0.5) is 0 Å². The molecule has 0 aliphatic rings. The quantitative estimate of drug-likeness (QED) is 0.790. The summed E-state index contributed by atoms with van der Waals surface area (Å²) in [5.74, 6) is 0. The summed E-state index contributed by atoms with van der Waals surface area (Å²) in [6.45, 7) is 3.38. The Morgan fingerprint density at radius 3 is 2.38 bits per heavy atom. The van der Waals surface area contributed by atoms with Crippen molar-refractivity contribution in [1.29, 1.82) is 0 Å². The number of allylic oxidation sites excluding steroid dienone is 1. The van der Waals surface area contributed by atoms with Gasteiger partial charge in [-0.15, -0.1) is 0 Å². The Morgan fingerprint density at radius 1 is 1.19 bits per heavy atom. The Kier molecular flexibility index (Phi) is 4.74. The lowest BCUT2D eigenvalue weighted by molar-refractivity contribution is 0.596.